The molecule has 1 aromatic heterocycles. The Balaban J connectivity index is 2.16. The summed E-state index contributed by atoms with van der Waals surface area (Å²) in [5.41, 5.74) is 3.58. The van der Waals surface area contributed by atoms with Gasteiger partial charge in [0.05, 0.1) is 18.5 Å². The highest BCUT2D eigenvalue weighted by Crippen LogP contribution is 2.35. The van der Waals surface area contributed by atoms with Crippen LogP contribution in [0.1, 0.15) is 17.7 Å². The summed E-state index contributed by atoms with van der Waals surface area (Å²) in [5, 5.41) is 10.4. The zero-order valence-corrected chi connectivity index (χ0v) is 11.1. The highest BCUT2D eigenvalue weighted by molar-refractivity contribution is 5.88. The number of benzene rings is 1. The van der Waals surface area contributed by atoms with Gasteiger partial charge in [-0.3, -0.25) is 4.79 Å². The number of carbonyl (C=O) groups is 1. The number of fused-ring (bicyclic) bond motifs is 3. The number of aryl methyl sites for hydroxylation is 1. The highest BCUT2D eigenvalue weighted by atomic mass is 16.5. The van der Waals surface area contributed by atoms with Crippen LogP contribution in [0.25, 0.3) is 10.9 Å². The van der Waals surface area contributed by atoms with Gasteiger partial charge in [0.2, 0.25) is 0 Å². The molecule has 100 valence electrons. The van der Waals surface area contributed by atoms with Gasteiger partial charge in [-0.05, 0) is 37.0 Å². The number of hydrogen-bond acceptors (Lipinski definition) is 2. The molecule has 1 heterocycles. The fourth-order valence-electron chi connectivity index (χ4n) is 3.09. The van der Waals surface area contributed by atoms with Gasteiger partial charge >= 0.3 is 5.97 Å². The largest absolute Gasteiger partial charge is 0.497 e. The first-order valence-electron chi connectivity index (χ1n) is 6.48. The lowest BCUT2D eigenvalue weighted by molar-refractivity contribution is -0.142. The minimum absolute atomic E-state index is 0.250. The summed E-state index contributed by atoms with van der Waals surface area (Å²) < 4.78 is 7.43. The number of rotatable bonds is 2. The van der Waals surface area contributed by atoms with Crippen LogP contribution < -0.4 is 4.74 Å². The summed E-state index contributed by atoms with van der Waals surface area (Å²) in [6, 6.07) is 5.99. The predicted molar refractivity (Wildman–Crippen MR) is 72.6 cm³/mol. The second-order valence-electron chi connectivity index (χ2n) is 5.15. The third kappa shape index (κ3) is 1.79. The highest BCUT2D eigenvalue weighted by Gasteiger charge is 2.28. The molecule has 1 aromatic carbocycles. The average molecular weight is 259 g/mol. The molecule has 3 rings (SSSR count). The number of aromatic nitrogens is 1. The number of ether oxygens (including phenoxy) is 1. The van der Waals surface area contributed by atoms with Crippen molar-refractivity contribution in [3.05, 3.63) is 29.5 Å². The smallest absolute Gasteiger partial charge is 0.306 e. The molecule has 0 amide bonds. The Morgan fingerprint density at radius 1 is 1.47 bits per heavy atom. The van der Waals surface area contributed by atoms with E-state index in [0.29, 0.717) is 6.42 Å². The van der Waals surface area contributed by atoms with Crippen molar-refractivity contribution in [1.29, 1.82) is 0 Å². The number of aliphatic carboxylic acids is 1. The molecule has 0 spiro atoms. The maximum absolute atomic E-state index is 11.2. The van der Waals surface area contributed by atoms with Gasteiger partial charge in [0.15, 0.2) is 0 Å². The standard InChI is InChI=1S/C15H17NO3/c1-16-13-6-3-9(15(17)18)7-12(13)11-5-4-10(19-2)8-14(11)16/h4-5,8-9H,3,6-7H2,1-2H3,(H,17,18). The molecule has 1 atom stereocenters. The number of nitrogens with zero attached hydrogens (tertiary/aromatic N) is 1. The van der Waals surface area contributed by atoms with Crippen LogP contribution in [-0.2, 0) is 24.7 Å². The molecule has 19 heavy (non-hydrogen) atoms. The van der Waals surface area contributed by atoms with Crippen molar-refractivity contribution in [3.63, 3.8) is 0 Å². The summed E-state index contributed by atoms with van der Waals surface area (Å²) in [6.45, 7) is 0. The summed E-state index contributed by atoms with van der Waals surface area (Å²) in [5.74, 6) is -0.100. The Labute approximate surface area is 111 Å². The fourth-order valence-corrected chi connectivity index (χ4v) is 3.09. The average Bonchev–Trinajstić information content (AvgIpc) is 2.71. The van der Waals surface area contributed by atoms with Crippen molar-refractivity contribution in [1.82, 2.24) is 4.57 Å². The summed E-state index contributed by atoms with van der Waals surface area (Å²) in [6.07, 6.45) is 2.19. The SMILES string of the molecule is COc1ccc2c3c(n(C)c2c1)CCC(C(=O)O)C3. The molecular weight excluding hydrogens is 242 g/mol. The quantitative estimate of drug-likeness (QED) is 0.900. The van der Waals surface area contributed by atoms with E-state index in [1.165, 1.54) is 11.3 Å². The molecule has 0 saturated carbocycles. The van der Waals surface area contributed by atoms with Crippen LogP contribution >= 0.6 is 0 Å². The van der Waals surface area contributed by atoms with Crippen molar-refractivity contribution in [2.75, 3.05) is 7.11 Å². The Morgan fingerprint density at radius 2 is 2.26 bits per heavy atom. The zero-order chi connectivity index (χ0) is 13.6. The molecule has 4 nitrogen and oxygen atoms in total. The van der Waals surface area contributed by atoms with Crippen molar-refractivity contribution < 1.29 is 14.6 Å². The normalized spacial score (nSPS) is 18.3. The van der Waals surface area contributed by atoms with Crippen molar-refractivity contribution in [2.24, 2.45) is 13.0 Å². The lowest BCUT2D eigenvalue weighted by atomic mass is 9.86. The van der Waals surface area contributed by atoms with E-state index >= 15 is 0 Å². The third-order valence-corrected chi connectivity index (χ3v) is 4.17. The predicted octanol–water partition coefficient (Wildman–Crippen LogP) is 2.38. The maximum atomic E-state index is 11.2. The number of carboxylic acid groups (broad SMARTS) is 1. The van der Waals surface area contributed by atoms with E-state index in [1.807, 2.05) is 25.2 Å². The van der Waals surface area contributed by atoms with E-state index < -0.39 is 5.97 Å². The van der Waals surface area contributed by atoms with E-state index in [1.54, 1.807) is 7.11 Å². The first-order chi connectivity index (χ1) is 9.11. The Bertz CT molecular complexity index is 657. The summed E-state index contributed by atoms with van der Waals surface area (Å²) >= 11 is 0. The topological polar surface area (TPSA) is 51.5 Å². The lowest BCUT2D eigenvalue weighted by Crippen LogP contribution is -2.22. The van der Waals surface area contributed by atoms with Crippen LogP contribution in [0.15, 0.2) is 18.2 Å². The first kappa shape index (κ1) is 12.1. The van der Waals surface area contributed by atoms with Gasteiger partial charge < -0.3 is 14.4 Å². The van der Waals surface area contributed by atoms with E-state index in [4.69, 9.17) is 4.74 Å². The number of hydrogen-bond donors (Lipinski definition) is 1. The molecule has 0 aliphatic heterocycles. The molecule has 0 radical (unpaired) electrons. The monoisotopic (exact) mass is 259 g/mol. The number of methoxy groups -OCH3 is 1. The molecule has 2 aromatic rings. The lowest BCUT2D eigenvalue weighted by Gasteiger charge is -2.19. The van der Waals surface area contributed by atoms with Crippen LogP contribution in [-0.4, -0.2) is 22.8 Å². The molecule has 1 aliphatic rings. The zero-order valence-electron chi connectivity index (χ0n) is 11.1. The van der Waals surface area contributed by atoms with Crippen molar-refractivity contribution in [3.8, 4) is 5.75 Å². The van der Waals surface area contributed by atoms with E-state index in [-0.39, 0.29) is 5.92 Å². The van der Waals surface area contributed by atoms with Crippen molar-refractivity contribution in [2.45, 2.75) is 19.3 Å². The first-order valence-corrected chi connectivity index (χ1v) is 6.48. The van der Waals surface area contributed by atoms with Gasteiger partial charge in [-0.15, -0.1) is 0 Å². The maximum Gasteiger partial charge on any atom is 0.306 e. The van der Waals surface area contributed by atoms with Crippen LogP contribution in [0.2, 0.25) is 0 Å². The molecule has 0 fully saturated rings. The minimum atomic E-state index is -0.684. The second-order valence-corrected chi connectivity index (χ2v) is 5.15. The van der Waals surface area contributed by atoms with Gasteiger partial charge in [0.1, 0.15) is 5.75 Å². The fraction of sp³-hybridized carbons (Fsp3) is 0.400. The summed E-state index contributed by atoms with van der Waals surface area (Å²) in [7, 11) is 3.70. The molecule has 1 unspecified atom stereocenters. The van der Waals surface area contributed by atoms with E-state index in [0.717, 1.165) is 29.5 Å². The Hall–Kier alpha value is -1.97. The molecule has 0 bridgehead atoms. The van der Waals surface area contributed by atoms with Crippen LogP contribution in [0.3, 0.4) is 0 Å². The van der Waals surface area contributed by atoms with Gasteiger partial charge in [-0.1, -0.05) is 0 Å². The van der Waals surface area contributed by atoms with Crippen LogP contribution in [0, 0.1) is 5.92 Å². The van der Waals surface area contributed by atoms with Crippen LogP contribution in [0.5, 0.6) is 5.75 Å². The minimum Gasteiger partial charge on any atom is -0.497 e. The van der Waals surface area contributed by atoms with E-state index in [2.05, 4.69) is 4.57 Å². The molecule has 0 saturated heterocycles. The van der Waals surface area contributed by atoms with Gasteiger partial charge in [0.25, 0.3) is 0 Å². The summed E-state index contributed by atoms with van der Waals surface area (Å²) in [4.78, 5) is 11.2. The second kappa shape index (κ2) is 4.30. The van der Waals surface area contributed by atoms with Crippen molar-refractivity contribution >= 4 is 16.9 Å². The van der Waals surface area contributed by atoms with Gasteiger partial charge in [-0.2, -0.15) is 0 Å². The molecule has 1 aliphatic carbocycles. The third-order valence-electron chi connectivity index (χ3n) is 4.17. The van der Waals surface area contributed by atoms with Gasteiger partial charge in [-0.25, -0.2) is 0 Å². The number of carboxylic acids is 1. The van der Waals surface area contributed by atoms with Gasteiger partial charge in [0, 0.05) is 24.2 Å². The molecule has 4 heteroatoms. The molecular formula is C15H17NO3. The van der Waals surface area contributed by atoms with E-state index in [9.17, 15) is 9.90 Å². The molecule has 1 N–H and O–H groups in total. The Kier molecular flexibility index (Phi) is 2.73. The Morgan fingerprint density at radius 3 is 2.95 bits per heavy atom. The van der Waals surface area contributed by atoms with Crippen LogP contribution in [0.4, 0.5) is 0 Å².